The van der Waals surface area contributed by atoms with Gasteiger partial charge in [-0.25, -0.2) is 0 Å². The molecule has 36 heavy (non-hydrogen) atoms. The largest absolute Gasteiger partial charge is 0.465 e. The summed E-state index contributed by atoms with van der Waals surface area (Å²) in [5.41, 5.74) is -1.76. The fourth-order valence-electron chi connectivity index (χ4n) is 5.21. The molecule has 0 aromatic carbocycles. The van der Waals surface area contributed by atoms with Crippen molar-refractivity contribution in [2.75, 3.05) is 33.3 Å². The summed E-state index contributed by atoms with van der Waals surface area (Å²) in [7, 11) is 1.58. The van der Waals surface area contributed by atoms with E-state index in [-0.39, 0.29) is 23.7 Å². The number of carbonyl (C=O) groups excluding carboxylic acids is 4. The summed E-state index contributed by atoms with van der Waals surface area (Å²) in [4.78, 5) is 52.6. The summed E-state index contributed by atoms with van der Waals surface area (Å²) in [5.74, 6) is -0.573. The molecule has 3 amide bonds. The second kappa shape index (κ2) is 15.2. The number of hydrogen-bond acceptors (Lipinski definition) is 5. The zero-order chi connectivity index (χ0) is 27.4. The van der Waals surface area contributed by atoms with Crippen LogP contribution in [-0.4, -0.2) is 61.9 Å². The minimum atomic E-state index is -0.924. The number of nitrogens with zero attached hydrogens (tertiary/aromatic N) is 1. The summed E-state index contributed by atoms with van der Waals surface area (Å²) in [6, 6.07) is 0. The minimum Gasteiger partial charge on any atom is -0.465 e. The number of ether oxygens (including phenoxy) is 1. The van der Waals surface area contributed by atoms with Crippen LogP contribution in [-0.2, 0) is 23.9 Å². The molecular weight excluding hydrogens is 458 g/mol. The highest BCUT2D eigenvalue weighted by Crippen LogP contribution is 2.42. The van der Waals surface area contributed by atoms with Crippen molar-refractivity contribution >= 4 is 23.7 Å². The summed E-state index contributed by atoms with van der Waals surface area (Å²) >= 11 is 0. The maximum atomic E-state index is 13.2. The van der Waals surface area contributed by atoms with Gasteiger partial charge in [-0.1, -0.05) is 53.9 Å². The van der Waals surface area contributed by atoms with Crippen molar-refractivity contribution in [2.45, 2.75) is 99.3 Å². The van der Waals surface area contributed by atoms with Crippen LogP contribution in [0.5, 0.6) is 0 Å². The van der Waals surface area contributed by atoms with E-state index in [1.54, 1.807) is 18.9 Å². The molecule has 0 aliphatic carbocycles. The van der Waals surface area contributed by atoms with Gasteiger partial charge in [-0.05, 0) is 44.9 Å². The zero-order valence-electron chi connectivity index (χ0n) is 23.8. The lowest BCUT2D eigenvalue weighted by Crippen LogP contribution is -2.46. The molecule has 1 aliphatic heterocycles. The van der Waals surface area contributed by atoms with Gasteiger partial charge in [-0.15, -0.1) is 0 Å². The molecule has 8 nitrogen and oxygen atoms in total. The fraction of sp³-hybridized carbons (Fsp3) is 0.857. The Morgan fingerprint density at radius 3 is 2.36 bits per heavy atom. The number of amides is 3. The van der Waals surface area contributed by atoms with Crippen LogP contribution in [0.2, 0.25) is 0 Å². The van der Waals surface area contributed by atoms with Gasteiger partial charge in [0.05, 0.1) is 12.0 Å². The van der Waals surface area contributed by atoms with E-state index in [1.807, 2.05) is 20.8 Å². The van der Waals surface area contributed by atoms with Gasteiger partial charge in [0, 0.05) is 44.4 Å². The van der Waals surface area contributed by atoms with Crippen LogP contribution < -0.4 is 10.6 Å². The number of carbonyl (C=O) groups is 4. The number of rotatable bonds is 17. The minimum absolute atomic E-state index is 0.130. The van der Waals surface area contributed by atoms with Gasteiger partial charge in [0.2, 0.25) is 17.7 Å². The van der Waals surface area contributed by atoms with Crippen molar-refractivity contribution in [3.63, 3.8) is 0 Å². The summed E-state index contributed by atoms with van der Waals surface area (Å²) in [5, 5.41) is 5.64. The molecular formula is C28H51N3O5. The monoisotopic (exact) mass is 509 g/mol. The van der Waals surface area contributed by atoms with Crippen LogP contribution in [0.15, 0.2) is 0 Å². The Morgan fingerprint density at radius 2 is 1.83 bits per heavy atom. The lowest BCUT2D eigenvalue weighted by Gasteiger charge is -2.38. The van der Waals surface area contributed by atoms with Gasteiger partial charge in [0.25, 0.3) is 0 Å². The zero-order valence-corrected chi connectivity index (χ0v) is 23.8. The Bertz CT molecular complexity index is 743. The van der Waals surface area contributed by atoms with Crippen LogP contribution >= 0.6 is 0 Å². The molecule has 208 valence electrons. The Hall–Kier alpha value is -2.12. The quantitative estimate of drug-likeness (QED) is 0.288. The highest BCUT2D eigenvalue weighted by molar-refractivity contribution is 5.85. The summed E-state index contributed by atoms with van der Waals surface area (Å²) in [6.07, 6.45) is 6.80. The molecule has 0 aromatic rings. The van der Waals surface area contributed by atoms with Gasteiger partial charge >= 0.3 is 5.97 Å². The molecule has 1 heterocycles. The number of nitrogens with one attached hydrogen (secondary N) is 2. The molecule has 4 atom stereocenters. The van der Waals surface area contributed by atoms with Gasteiger partial charge in [0.1, 0.15) is 0 Å². The first-order chi connectivity index (χ1) is 17.0. The molecule has 8 heteroatoms. The normalized spacial score (nSPS) is 18.6. The van der Waals surface area contributed by atoms with Crippen molar-refractivity contribution in [1.29, 1.82) is 0 Å². The molecule has 2 N–H and O–H groups in total. The maximum Gasteiger partial charge on any atom is 0.311 e. The Morgan fingerprint density at radius 1 is 1.14 bits per heavy atom. The maximum absolute atomic E-state index is 13.2. The third-order valence-electron chi connectivity index (χ3n) is 7.88. The molecule has 1 rings (SSSR count). The van der Waals surface area contributed by atoms with Crippen LogP contribution in [0, 0.1) is 22.7 Å². The second-order valence-corrected chi connectivity index (χ2v) is 11.1. The molecule has 0 saturated carbocycles. The number of likely N-dealkylation sites (tertiary alicyclic amines) is 1. The number of hydrogen-bond donors (Lipinski definition) is 2. The van der Waals surface area contributed by atoms with E-state index >= 15 is 0 Å². The van der Waals surface area contributed by atoms with Gasteiger partial charge in [-0.2, -0.15) is 0 Å². The van der Waals surface area contributed by atoms with Crippen molar-refractivity contribution < 1.29 is 23.9 Å². The van der Waals surface area contributed by atoms with E-state index in [1.165, 1.54) is 0 Å². The SMILES string of the molecule is CCCCC(CC)COC(=O)C(C)(CC)CC(C)(CC(C)C(=O)NCCN1CCCC1=O)C(=O)NC. The van der Waals surface area contributed by atoms with E-state index in [0.717, 1.165) is 38.6 Å². The van der Waals surface area contributed by atoms with E-state index in [4.69, 9.17) is 4.74 Å². The van der Waals surface area contributed by atoms with E-state index in [2.05, 4.69) is 24.5 Å². The van der Waals surface area contributed by atoms with Gasteiger partial charge in [-0.3, -0.25) is 19.2 Å². The first kappa shape index (κ1) is 31.9. The molecule has 0 radical (unpaired) electrons. The smallest absolute Gasteiger partial charge is 0.311 e. The summed E-state index contributed by atoms with van der Waals surface area (Å²) in [6.45, 7) is 13.7. The second-order valence-electron chi connectivity index (χ2n) is 11.1. The van der Waals surface area contributed by atoms with E-state index in [9.17, 15) is 19.2 Å². The predicted octanol–water partition coefficient (Wildman–Crippen LogP) is 4.07. The average molecular weight is 510 g/mol. The topological polar surface area (TPSA) is 105 Å². The first-order valence-corrected chi connectivity index (χ1v) is 13.9. The number of esters is 1. The molecule has 4 unspecified atom stereocenters. The van der Waals surface area contributed by atoms with Gasteiger partial charge < -0.3 is 20.3 Å². The van der Waals surface area contributed by atoms with Crippen LogP contribution in [0.4, 0.5) is 0 Å². The molecule has 0 bridgehead atoms. The molecule has 0 spiro atoms. The molecule has 1 aliphatic rings. The van der Waals surface area contributed by atoms with E-state index < -0.39 is 16.7 Å². The Balaban J connectivity index is 2.81. The van der Waals surface area contributed by atoms with E-state index in [0.29, 0.717) is 51.3 Å². The third kappa shape index (κ3) is 9.40. The van der Waals surface area contributed by atoms with Crippen molar-refractivity contribution in [1.82, 2.24) is 15.5 Å². The Kier molecular flexibility index (Phi) is 13.5. The van der Waals surface area contributed by atoms with Crippen molar-refractivity contribution in [3.05, 3.63) is 0 Å². The molecule has 1 fully saturated rings. The Labute approximate surface area is 218 Å². The lowest BCUT2D eigenvalue weighted by molar-refractivity contribution is -0.160. The molecule has 1 saturated heterocycles. The first-order valence-electron chi connectivity index (χ1n) is 13.9. The lowest BCUT2D eigenvalue weighted by atomic mass is 9.67. The standard InChI is InChI=1S/C28H51N3O5/c1-8-11-13-22(9-2)19-36-26(35)27(5,10-3)20-28(6,25(34)29-7)18-21(4)24(33)30-15-17-31-16-12-14-23(31)32/h21-22H,8-20H2,1-7H3,(H,29,34)(H,30,33). The van der Waals surface area contributed by atoms with Crippen molar-refractivity contribution in [3.8, 4) is 0 Å². The molecule has 0 aromatic heterocycles. The predicted molar refractivity (Wildman–Crippen MR) is 142 cm³/mol. The third-order valence-corrected chi connectivity index (χ3v) is 7.88. The fourth-order valence-corrected chi connectivity index (χ4v) is 5.21. The van der Waals surface area contributed by atoms with Crippen LogP contribution in [0.3, 0.4) is 0 Å². The van der Waals surface area contributed by atoms with Gasteiger partial charge in [0.15, 0.2) is 0 Å². The average Bonchev–Trinajstić information content (AvgIpc) is 3.27. The van der Waals surface area contributed by atoms with Crippen LogP contribution in [0.25, 0.3) is 0 Å². The van der Waals surface area contributed by atoms with Crippen LogP contribution in [0.1, 0.15) is 99.3 Å². The highest BCUT2D eigenvalue weighted by atomic mass is 16.5. The van der Waals surface area contributed by atoms with Crippen molar-refractivity contribution in [2.24, 2.45) is 22.7 Å². The number of unbranched alkanes of at least 4 members (excludes halogenated alkanes) is 1. The highest BCUT2D eigenvalue weighted by Gasteiger charge is 2.45. The summed E-state index contributed by atoms with van der Waals surface area (Å²) < 4.78 is 5.79.